The van der Waals surface area contributed by atoms with E-state index in [0.29, 0.717) is 60.3 Å². The molecule has 36 heavy (non-hydrogen) atoms. The normalized spacial score (nSPS) is 15.7. The maximum Gasteiger partial charge on any atom is 0.379 e. The first kappa shape index (κ1) is 27.9. The molecule has 0 spiro atoms. The molecule has 0 amide bonds. The zero-order chi connectivity index (χ0) is 23.5. The monoisotopic (exact) mass is 541 g/mol. The zero-order valence-electron chi connectivity index (χ0n) is 19.9. The number of ether oxygens (including phenoxy) is 3. The number of aromatic nitrogens is 3. The molecule has 1 saturated heterocycles. The average Bonchev–Trinajstić information content (AvgIpc) is 2.88. The molecule has 9 nitrogen and oxygen atoms in total. The fourth-order valence-electron chi connectivity index (χ4n) is 4.56. The van der Waals surface area contributed by atoms with Crippen LogP contribution in [0.1, 0.15) is 24.1 Å². The van der Waals surface area contributed by atoms with E-state index in [-0.39, 0.29) is 36.2 Å². The molecule has 5 rings (SSSR count). The highest BCUT2D eigenvalue weighted by Gasteiger charge is 2.23. The molecule has 3 aromatic rings. The molecule has 0 aliphatic carbocycles. The summed E-state index contributed by atoms with van der Waals surface area (Å²) in [5, 5.41) is 16.2. The summed E-state index contributed by atoms with van der Waals surface area (Å²) in [5.41, 5.74) is 2.00. The van der Waals surface area contributed by atoms with Gasteiger partial charge in [0, 0.05) is 25.2 Å². The third-order valence-electron chi connectivity index (χ3n) is 6.45. The molecule has 0 bridgehead atoms. The van der Waals surface area contributed by atoms with E-state index in [4.69, 9.17) is 14.2 Å². The Hall–Kier alpha value is -2.66. The Balaban J connectivity index is 0.00000180. The van der Waals surface area contributed by atoms with Crippen molar-refractivity contribution in [2.45, 2.75) is 31.8 Å². The molecule has 3 aromatic heterocycles. The van der Waals surface area contributed by atoms with Crippen molar-refractivity contribution in [3.05, 3.63) is 52.9 Å². The van der Waals surface area contributed by atoms with Crippen LogP contribution >= 0.6 is 24.8 Å². The number of hydrogen-bond donors (Lipinski definition) is 1. The van der Waals surface area contributed by atoms with E-state index >= 15 is 0 Å². The first-order chi connectivity index (χ1) is 16.6. The van der Waals surface area contributed by atoms with Gasteiger partial charge >= 0.3 is 5.88 Å². The molecule has 0 unspecified atom stereocenters. The minimum atomic E-state index is -0.464. The smallest absolute Gasteiger partial charge is 0.379 e. The fraction of sp³-hybridized carbons (Fsp3) is 0.458. The lowest BCUT2D eigenvalue weighted by Gasteiger charge is -2.32. The van der Waals surface area contributed by atoms with Gasteiger partial charge in [-0.05, 0) is 38.4 Å². The standard InChI is InChI=1S/C24H28FN5O4.2ClH/c1-32-23-3-2-20-24(30(23)31)18(19(25)14-28-20)6-9-29-7-4-16(5-8-29)26-13-17-12-21-22(15-27-17)34-11-10-33-21;;/h2-3,12,14-16,26H,4-11,13H2,1H3;2*1H. The molecule has 5 heterocycles. The topological polar surface area (TPSA) is 95.7 Å². The summed E-state index contributed by atoms with van der Waals surface area (Å²) in [4.78, 5) is 10.8. The summed E-state index contributed by atoms with van der Waals surface area (Å²) in [6.45, 7) is 4.25. The largest absolute Gasteiger partial charge is 0.616 e. The number of hydrogen-bond acceptors (Lipinski definition) is 8. The summed E-state index contributed by atoms with van der Waals surface area (Å²) in [7, 11) is 1.42. The van der Waals surface area contributed by atoms with Gasteiger partial charge in [0.15, 0.2) is 17.3 Å². The summed E-state index contributed by atoms with van der Waals surface area (Å²) in [6.07, 6.45) is 5.31. The van der Waals surface area contributed by atoms with Gasteiger partial charge in [0.25, 0.3) is 5.52 Å². The van der Waals surface area contributed by atoms with Crippen molar-refractivity contribution in [1.29, 1.82) is 0 Å². The van der Waals surface area contributed by atoms with Crippen LogP contribution in [0.4, 0.5) is 4.39 Å². The second-order valence-corrected chi connectivity index (χ2v) is 8.55. The lowest BCUT2D eigenvalue weighted by molar-refractivity contribution is -0.585. The van der Waals surface area contributed by atoms with Crippen LogP contribution in [0.25, 0.3) is 11.0 Å². The van der Waals surface area contributed by atoms with Gasteiger partial charge in [-0.1, -0.05) is 0 Å². The number of nitrogens with zero attached hydrogens (tertiary/aromatic N) is 4. The third-order valence-corrected chi connectivity index (χ3v) is 6.45. The van der Waals surface area contributed by atoms with Crippen LogP contribution < -0.4 is 24.3 Å². The maximum atomic E-state index is 14.6. The Morgan fingerprint density at radius 2 is 1.89 bits per heavy atom. The van der Waals surface area contributed by atoms with E-state index in [2.05, 4.69) is 20.2 Å². The molecule has 1 N–H and O–H groups in total. The summed E-state index contributed by atoms with van der Waals surface area (Å²) in [5.74, 6) is 1.11. The van der Waals surface area contributed by atoms with Crippen molar-refractivity contribution in [3.8, 4) is 17.4 Å². The summed E-state index contributed by atoms with van der Waals surface area (Å²) < 4.78 is 31.5. The first-order valence-electron chi connectivity index (χ1n) is 11.6. The second kappa shape index (κ2) is 12.5. The molecule has 0 radical (unpaired) electrons. The molecule has 0 aromatic carbocycles. The van der Waals surface area contributed by atoms with Crippen LogP contribution in [-0.2, 0) is 13.0 Å². The number of halogens is 3. The number of fused-ring (bicyclic) bond motifs is 2. The predicted molar refractivity (Wildman–Crippen MR) is 137 cm³/mol. The van der Waals surface area contributed by atoms with Crippen molar-refractivity contribution in [2.75, 3.05) is 40.0 Å². The van der Waals surface area contributed by atoms with Crippen LogP contribution in [0.2, 0.25) is 0 Å². The lowest BCUT2D eigenvalue weighted by atomic mass is 10.0. The first-order valence-corrected chi connectivity index (χ1v) is 11.6. The molecule has 2 aliphatic heterocycles. The minimum Gasteiger partial charge on any atom is -0.616 e. The highest BCUT2D eigenvalue weighted by molar-refractivity contribution is 5.85. The molecular formula is C24H30Cl2FN5O4. The van der Waals surface area contributed by atoms with Crippen molar-refractivity contribution in [2.24, 2.45) is 0 Å². The van der Waals surface area contributed by atoms with E-state index < -0.39 is 5.82 Å². The van der Waals surface area contributed by atoms with Gasteiger partial charge in [0.1, 0.15) is 18.7 Å². The van der Waals surface area contributed by atoms with Gasteiger partial charge in [-0.25, -0.2) is 9.37 Å². The number of pyridine rings is 3. The second-order valence-electron chi connectivity index (χ2n) is 8.55. The highest BCUT2D eigenvalue weighted by Crippen LogP contribution is 2.29. The van der Waals surface area contributed by atoms with Crippen LogP contribution in [0.5, 0.6) is 17.4 Å². The summed E-state index contributed by atoms with van der Waals surface area (Å²) >= 11 is 0. The Labute approximate surface area is 221 Å². The quantitative estimate of drug-likeness (QED) is 0.360. The fourth-order valence-corrected chi connectivity index (χ4v) is 4.56. The molecule has 0 atom stereocenters. The minimum absolute atomic E-state index is 0. The number of piperidine rings is 1. The van der Waals surface area contributed by atoms with Crippen molar-refractivity contribution >= 4 is 35.8 Å². The maximum absolute atomic E-state index is 14.6. The van der Waals surface area contributed by atoms with Crippen molar-refractivity contribution in [1.82, 2.24) is 20.2 Å². The van der Waals surface area contributed by atoms with E-state index in [1.807, 2.05) is 6.07 Å². The molecule has 196 valence electrons. The SMILES string of the molecule is COc1ccc2ncc(F)c(CCN3CCC(NCc4cc5c(cn4)OCCO5)CC3)c2[n+]1[O-].Cl.Cl. The Morgan fingerprint density at radius 1 is 1.14 bits per heavy atom. The number of nitrogens with one attached hydrogen (secondary N) is 1. The van der Waals surface area contributed by atoms with Gasteiger partial charge in [0.2, 0.25) is 0 Å². The van der Waals surface area contributed by atoms with Gasteiger partial charge in [-0.15, -0.1) is 29.5 Å². The Kier molecular flexibility index (Phi) is 9.72. The van der Waals surface area contributed by atoms with Gasteiger partial charge in [-0.2, -0.15) is 0 Å². The van der Waals surface area contributed by atoms with Crippen molar-refractivity contribution in [3.63, 3.8) is 0 Å². The van der Waals surface area contributed by atoms with Crippen LogP contribution in [0, 0.1) is 11.0 Å². The van der Waals surface area contributed by atoms with E-state index in [9.17, 15) is 9.60 Å². The Bertz CT molecular complexity index is 1180. The van der Waals surface area contributed by atoms with E-state index in [0.717, 1.165) is 37.4 Å². The average molecular weight is 542 g/mol. The van der Waals surface area contributed by atoms with Gasteiger partial charge in [0.05, 0.1) is 36.8 Å². The lowest BCUT2D eigenvalue weighted by Crippen LogP contribution is -2.43. The van der Waals surface area contributed by atoms with Crippen LogP contribution in [0.15, 0.2) is 30.6 Å². The zero-order valence-corrected chi connectivity index (χ0v) is 21.6. The number of rotatable bonds is 7. The highest BCUT2D eigenvalue weighted by atomic mass is 35.5. The van der Waals surface area contributed by atoms with E-state index in [1.54, 1.807) is 18.3 Å². The number of methoxy groups -OCH3 is 1. The van der Waals surface area contributed by atoms with E-state index in [1.165, 1.54) is 13.3 Å². The molecule has 1 fully saturated rings. The predicted octanol–water partition coefficient (Wildman–Crippen LogP) is 2.82. The number of likely N-dealkylation sites (tertiary alicyclic amines) is 1. The van der Waals surface area contributed by atoms with Gasteiger partial charge < -0.3 is 29.6 Å². The molecule has 12 heteroatoms. The van der Waals surface area contributed by atoms with Crippen LogP contribution in [-0.4, -0.2) is 60.9 Å². The van der Waals surface area contributed by atoms with Crippen LogP contribution in [0.3, 0.4) is 0 Å². The molecule has 0 saturated carbocycles. The molecule has 2 aliphatic rings. The Morgan fingerprint density at radius 3 is 2.64 bits per heavy atom. The van der Waals surface area contributed by atoms with Crippen molar-refractivity contribution < 1.29 is 23.3 Å². The molecular weight excluding hydrogens is 512 g/mol. The third kappa shape index (κ3) is 6.00. The van der Waals surface area contributed by atoms with Gasteiger partial charge in [-0.3, -0.25) is 4.98 Å². The summed E-state index contributed by atoms with van der Waals surface area (Å²) in [6, 6.07) is 5.54.